The Bertz CT molecular complexity index is 2810. The summed E-state index contributed by atoms with van der Waals surface area (Å²) in [6, 6.07) is 45.8. The Morgan fingerprint density at radius 3 is 1.30 bits per heavy atom. The van der Waals surface area contributed by atoms with Crippen molar-refractivity contribution in [2.24, 2.45) is 33.7 Å². The first-order valence-electron chi connectivity index (χ1n) is 29.5. The molecule has 6 atom stereocenters. The molecule has 0 bridgehead atoms. The van der Waals surface area contributed by atoms with E-state index >= 15 is 0 Å². The second kappa shape index (κ2) is 29.8. The number of aliphatic imine (C=N–C) groups is 2. The van der Waals surface area contributed by atoms with Gasteiger partial charge in [0.25, 0.3) is 0 Å². The summed E-state index contributed by atoms with van der Waals surface area (Å²) in [7, 11) is 11.4. The van der Waals surface area contributed by atoms with Crippen molar-refractivity contribution in [3.8, 4) is 0 Å². The van der Waals surface area contributed by atoms with Crippen molar-refractivity contribution in [2.45, 2.75) is 132 Å². The smallest absolute Gasteiger partial charge is 0.438 e. The average molecular weight is 1180 g/mol. The third kappa shape index (κ3) is 16.0. The number of carbonyl (C=O) groups is 2. The zero-order valence-electron chi connectivity index (χ0n) is 49.1. The number of hydrogen-bond donors (Lipinski definition) is 0. The van der Waals surface area contributed by atoms with Crippen LogP contribution in [-0.4, -0.2) is 124 Å². The lowest BCUT2D eigenvalue weighted by molar-refractivity contribution is -0.0768. The summed E-state index contributed by atoms with van der Waals surface area (Å²) in [6.07, 6.45) is 15.8. The van der Waals surface area contributed by atoms with Gasteiger partial charge in [-0.3, -0.25) is 0 Å². The van der Waals surface area contributed by atoms with Gasteiger partial charge in [0, 0.05) is 53.1 Å². The van der Waals surface area contributed by atoms with E-state index in [1.165, 1.54) is 36.5 Å². The number of hydrogen-bond acceptors (Lipinski definition) is 12. The van der Waals surface area contributed by atoms with Gasteiger partial charge in [0.1, 0.15) is 0 Å². The quantitative estimate of drug-likeness (QED) is 0.0659. The number of halogens is 3. The zero-order chi connectivity index (χ0) is 58.2. The van der Waals surface area contributed by atoms with Crippen molar-refractivity contribution in [2.75, 3.05) is 55.5 Å². The minimum absolute atomic E-state index is 0.00107. The second-order valence-corrected chi connectivity index (χ2v) is 24.6. The summed E-state index contributed by atoms with van der Waals surface area (Å²) in [6.45, 7) is 3.77. The number of ether oxygens (including phenoxy) is 4. The standard InChI is InChI=1S/C35H41Cl2N3O3.C32H44ClN3O3/c1-39(2)32(28-15-19-31(37)20-16-28)27-11-13-29(14-12-27)33-35(43-34(41)42-3,23-26-9-17-30(36)18-10-26)38-24-40(33)22-21-25-7-5-4-6-8-25;1-5-6-21-32(39-31(37)38-4)30(36(23-34-32)22-20-24-10-8-7-9-11-24)27-14-12-25(13-15-27)29(35(2)3)26-16-18-28(33)19-17-26/h4-10,15-20,24,27,29,32-33H,11-14,21-23H2,1-3H3;7-11,16-19,23,25,27,29-30H,5-6,12-15,20-22H2,1-4H3. The van der Waals surface area contributed by atoms with Crippen molar-refractivity contribution in [1.29, 1.82) is 0 Å². The van der Waals surface area contributed by atoms with E-state index in [9.17, 15) is 9.59 Å². The molecule has 6 unspecified atom stereocenters. The average Bonchev–Trinajstić information content (AvgIpc) is 3.26. The molecule has 440 valence electrons. The van der Waals surface area contributed by atoms with Crippen molar-refractivity contribution in [1.82, 2.24) is 19.6 Å². The molecule has 2 aliphatic heterocycles. The normalized spacial score (nSPS) is 24.9. The number of methoxy groups -OCH3 is 2. The fraction of sp³-hybridized carbons (Fsp3) is 0.493. The predicted octanol–water partition coefficient (Wildman–Crippen LogP) is 15.5. The fourth-order valence-electron chi connectivity index (χ4n) is 13.8. The molecule has 9 rings (SSSR count). The fourth-order valence-corrected chi connectivity index (χ4v) is 14.2. The molecular formula is C67H85Cl3N6O6. The van der Waals surface area contributed by atoms with Gasteiger partial charge in [-0.15, -0.1) is 0 Å². The Balaban J connectivity index is 0.000000216. The lowest BCUT2D eigenvalue weighted by Gasteiger charge is -2.45. The number of nitrogens with zero attached hydrogens (tertiary/aromatic N) is 6. The van der Waals surface area contributed by atoms with Crippen LogP contribution in [0.4, 0.5) is 9.59 Å². The van der Waals surface area contributed by atoms with Crippen LogP contribution in [0.25, 0.3) is 0 Å². The van der Waals surface area contributed by atoms with E-state index in [1.807, 2.05) is 73.3 Å². The number of rotatable bonds is 21. The maximum Gasteiger partial charge on any atom is 0.510 e. The van der Waals surface area contributed by atoms with Gasteiger partial charge in [-0.2, -0.15) is 0 Å². The van der Waals surface area contributed by atoms with E-state index < -0.39 is 23.8 Å². The summed E-state index contributed by atoms with van der Waals surface area (Å²) in [4.78, 5) is 44.5. The highest BCUT2D eigenvalue weighted by Crippen LogP contribution is 2.48. The van der Waals surface area contributed by atoms with Gasteiger partial charge in [0.15, 0.2) is 0 Å². The largest absolute Gasteiger partial charge is 0.510 e. The van der Waals surface area contributed by atoms with Gasteiger partial charge >= 0.3 is 12.3 Å². The molecule has 0 aromatic heterocycles. The van der Waals surface area contributed by atoms with Gasteiger partial charge in [-0.1, -0.05) is 145 Å². The van der Waals surface area contributed by atoms with E-state index in [1.54, 1.807) is 0 Å². The summed E-state index contributed by atoms with van der Waals surface area (Å²) in [5.41, 5.74) is 4.15. The van der Waals surface area contributed by atoms with Crippen LogP contribution in [0.2, 0.25) is 15.1 Å². The van der Waals surface area contributed by atoms with Crippen LogP contribution in [0.3, 0.4) is 0 Å². The van der Waals surface area contributed by atoms with Gasteiger partial charge < -0.3 is 38.5 Å². The third-order valence-electron chi connectivity index (χ3n) is 17.6. The van der Waals surface area contributed by atoms with E-state index in [2.05, 4.69) is 128 Å². The first-order chi connectivity index (χ1) is 39.6. The molecule has 2 aliphatic carbocycles. The topological polar surface area (TPSA) is 109 Å². The van der Waals surface area contributed by atoms with Gasteiger partial charge in [0.05, 0.1) is 39.0 Å². The van der Waals surface area contributed by atoms with E-state index in [-0.39, 0.29) is 18.0 Å². The minimum atomic E-state index is -1.10. The second-order valence-electron chi connectivity index (χ2n) is 23.3. The number of unbranched alkanes of at least 4 members (excludes halogenated alkanes) is 1. The Kier molecular flexibility index (Phi) is 22.6. The maximum atomic E-state index is 12.8. The van der Waals surface area contributed by atoms with E-state index in [0.717, 1.165) is 106 Å². The first-order valence-corrected chi connectivity index (χ1v) is 30.6. The monoisotopic (exact) mass is 1170 g/mol. The molecule has 82 heavy (non-hydrogen) atoms. The maximum absolute atomic E-state index is 12.8. The molecule has 12 nitrogen and oxygen atoms in total. The van der Waals surface area contributed by atoms with Crippen molar-refractivity contribution < 1.29 is 28.5 Å². The Morgan fingerprint density at radius 2 is 0.915 bits per heavy atom. The molecule has 0 amide bonds. The van der Waals surface area contributed by atoms with Crippen LogP contribution in [0.15, 0.2) is 143 Å². The lowest BCUT2D eigenvalue weighted by atomic mass is 9.71. The zero-order valence-corrected chi connectivity index (χ0v) is 51.3. The van der Waals surface area contributed by atoms with Gasteiger partial charge in [-0.25, -0.2) is 19.6 Å². The highest BCUT2D eigenvalue weighted by atomic mass is 35.5. The van der Waals surface area contributed by atoms with Crippen molar-refractivity contribution in [3.63, 3.8) is 0 Å². The Morgan fingerprint density at radius 1 is 0.537 bits per heavy atom. The van der Waals surface area contributed by atoms with Crippen LogP contribution in [0.5, 0.6) is 0 Å². The van der Waals surface area contributed by atoms with Gasteiger partial charge in [0.2, 0.25) is 11.4 Å². The Hall–Kier alpha value is -5.63. The Labute approximate surface area is 503 Å². The molecule has 0 N–H and O–H groups in total. The van der Waals surface area contributed by atoms with Crippen LogP contribution in [-0.2, 0) is 38.2 Å². The SMILES string of the molecule is CCCCC1(OC(=O)OC)N=CN(CCc2ccccc2)C1C1CCC(C(c2ccc(Cl)cc2)N(C)C)CC1.COC(=O)OC1(Cc2ccc(Cl)cc2)N=CN(CCc2ccccc2)C1C1CCC(C(c2ccc(Cl)cc2)N(C)C)CC1. The van der Waals surface area contributed by atoms with Crippen LogP contribution in [0, 0.1) is 23.7 Å². The molecule has 2 heterocycles. The molecule has 5 aromatic rings. The minimum Gasteiger partial charge on any atom is -0.438 e. The molecule has 0 radical (unpaired) electrons. The highest BCUT2D eigenvalue weighted by molar-refractivity contribution is 6.31. The summed E-state index contributed by atoms with van der Waals surface area (Å²) >= 11 is 18.6. The summed E-state index contributed by atoms with van der Waals surface area (Å²) < 4.78 is 22.3. The summed E-state index contributed by atoms with van der Waals surface area (Å²) in [5, 5.41) is 2.19. The molecule has 5 aromatic carbocycles. The molecular weight excluding hydrogens is 1090 g/mol. The predicted molar refractivity (Wildman–Crippen MR) is 332 cm³/mol. The molecule has 0 spiro atoms. The van der Waals surface area contributed by atoms with Crippen LogP contribution in [0.1, 0.15) is 117 Å². The third-order valence-corrected chi connectivity index (χ3v) is 18.3. The van der Waals surface area contributed by atoms with Crippen molar-refractivity contribution in [3.05, 3.63) is 176 Å². The molecule has 0 saturated heterocycles. The van der Waals surface area contributed by atoms with Crippen LogP contribution < -0.4 is 0 Å². The van der Waals surface area contributed by atoms with Gasteiger partial charge in [-0.05, 0) is 187 Å². The molecule has 15 heteroatoms. The highest BCUT2D eigenvalue weighted by Gasteiger charge is 2.55. The van der Waals surface area contributed by atoms with E-state index in [4.69, 9.17) is 63.7 Å². The molecule has 2 saturated carbocycles. The van der Waals surface area contributed by atoms with E-state index in [0.29, 0.717) is 47.7 Å². The van der Waals surface area contributed by atoms with Crippen LogP contribution >= 0.6 is 34.8 Å². The number of carbonyl (C=O) groups excluding carboxylic acids is 2. The molecule has 2 fully saturated rings. The first kappa shape index (κ1) is 62.4. The van der Waals surface area contributed by atoms with Crippen molar-refractivity contribution >= 4 is 59.8 Å². The molecule has 4 aliphatic rings. The lowest BCUT2D eigenvalue weighted by Crippen LogP contribution is -2.55. The number of benzene rings is 5. The summed E-state index contributed by atoms with van der Waals surface area (Å²) in [5.74, 6) is 1.69.